The molecule has 0 radical (unpaired) electrons. The van der Waals surface area contributed by atoms with Crippen LogP contribution in [0.5, 0.6) is 5.75 Å². The number of carboxylic acid groups (broad SMARTS) is 1. The van der Waals surface area contributed by atoms with Crippen molar-refractivity contribution in [3.8, 4) is 16.5 Å². The molecule has 3 rings (SSSR count). The third kappa shape index (κ3) is 6.82. The predicted octanol–water partition coefficient (Wildman–Crippen LogP) is 3.72. The minimum Gasteiger partial charge on any atom is -0.501 e. The number of carbonyl (C=O) groups is 3. The first kappa shape index (κ1) is 26.2. The lowest BCUT2D eigenvalue weighted by Crippen LogP contribution is -2.37. The van der Waals surface area contributed by atoms with Gasteiger partial charge in [-0.25, -0.2) is 19.4 Å². The Morgan fingerprint density at radius 2 is 1.83 bits per heavy atom. The van der Waals surface area contributed by atoms with Crippen LogP contribution in [0.3, 0.4) is 0 Å². The maximum atomic E-state index is 12.5. The number of carbonyl (C=O) groups excluding carboxylic acids is 2. The Hall–Kier alpha value is -4.39. The SMILES string of the molecule is CC(C)(C)OC(=O)N[C@@H](COC(=O)Nc1ccsc1-c1nc(C(=O)O)c(O)c(=O)[nH]1)c1ccccc1. The molecule has 12 nitrogen and oxygen atoms in total. The van der Waals surface area contributed by atoms with E-state index in [1.54, 1.807) is 56.5 Å². The number of hydrogen-bond acceptors (Lipinski definition) is 9. The molecule has 1 aromatic carbocycles. The molecular formula is C23H24N4O8S. The molecule has 2 heterocycles. The Labute approximate surface area is 208 Å². The van der Waals surface area contributed by atoms with Crippen LogP contribution in [0.15, 0.2) is 46.6 Å². The number of aromatic hydroxyl groups is 1. The van der Waals surface area contributed by atoms with Crippen LogP contribution in [0, 0.1) is 0 Å². The van der Waals surface area contributed by atoms with Crippen LogP contribution in [0.1, 0.15) is 42.9 Å². The number of alkyl carbamates (subject to hydrolysis) is 1. The lowest BCUT2D eigenvalue weighted by atomic mass is 10.1. The first-order chi connectivity index (χ1) is 16.9. The molecule has 190 valence electrons. The number of H-pyrrole nitrogens is 1. The van der Waals surface area contributed by atoms with Gasteiger partial charge >= 0.3 is 18.2 Å². The van der Waals surface area contributed by atoms with Gasteiger partial charge in [-0.1, -0.05) is 30.3 Å². The average molecular weight is 517 g/mol. The van der Waals surface area contributed by atoms with Crippen LogP contribution >= 0.6 is 11.3 Å². The van der Waals surface area contributed by atoms with Gasteiger partial charge in [0.25, 0.3) is 5.56 Å². The minimum absolute atomic E-state index is 0.158. The number of aromatic carboxylic acids is 1. The highest BCUT2D eigenvalue weighted by Crippen LogP contribution is 2.31. The average Bonchev–Trinajstić information content (AvgIpc) is 3.25. The number of benzene rings is 1. The molecule has 0 bridgehead atoms. The fourth-order valence-corrected chi connectivity index (χ4v) is 3.77. The highest BCUT2D eigenvalue weighted by Gasteiger charge is 2.23. The normalized spacial score (nSPS) is 11.9. The lowest BCUT2D eigenvalue weighted by molar-refractivity contribution is 0.0473. The standard InChI is InChI=1S/C23H24N4O8S/c1-23(2,3)35-22(33)25-14(12-7-5-4-6-8-12)11-34-21(32)24-13-9-10-36-17(13)18-26-15(20(30)31)16(28)19(29)27-18/h4-10,14,28H,11H2,1-3H3,(H,24,32)(H,25,33)(H,30,31)(H,26,27,29)/t14-/m0/s1. The molecule has 0 fully saturated rings. The fraction of sp³-hybridized carbons (Fsp3) is 0.261. The molecule has 13 heteroatoms. The van der Waals surface area contributed by atoms with Gasteiger partial charge in [0.2, 0.25) is 5.75 Å². The maximum absolute atomic E-state index is 12.5. The van der Waals surface area contributed by atoms with Crippen molar-refractivity contribution < 1.29 is 34.1 Å². The number of nitrogens with zero attached hydrogens (tertiary/aromatic N) is 1. The number of aromatic amines is 1. The monoisotopic (exact) mass is 516 g/mol. The third-order valence-electron chi connectivity index (χ3n) is 4.49. The summed E-state index contributed by atoms with van der Waals surface area (Å²) in [5.41, 5.74) is -1.72. The molecule has 1 atom stereocenters. The van der Waals surface area contributed by atoms with Crippen LogP contribution in [-0.2, 0) is 9.47 Å². The van der Waals surface area contributed by atoms with E-state index in [4.69, 9.17) is 14.6 Å². The zero-order valence-corrected chi connectivity index (χ0v) is 20.3. The quantitative estimate of drug-likeness (QED) is 0.313. The number of aromatic nitrogens is 2. The van der Waals surface area contributed by atoms with Crippen LogP contribution in [0.4, 0.5) is 15.3 Å². The molecule has 0 saturated carbocycles. The summed E-state index contributed by atoms with van der Waals surface area (Å²) in [4.78, 5) is 54.3. The summed E-state index contributed by atoms with van der Waals surface area (Å²) in [6.07, 6.45) is -1.56. The minimum atomic E-state index is -1.59. The van der Waals surface area contributed by atoms with E-state index < -0.39 is 46.8 Å². The largest absolute Gasteiger partial charge is 0.501 e. The highest BCUT2D eigenvalue weighted by atomic mass is 32.1. The molecule has 2 aromatic heterocycles. The second-order valence-electron chi connectivity index (χ2n) is 8.41. The molecule has 0 aliphatic carbocycles. The second kappa shape index (κ2) is 10.9. The van der Waals surface area contributed by atoms with Crippen molar-refractivity contribution in [2.24, 2.45) is 0 Å². The Bertz CT molecular complexity index is 1310. The van der Waals surface area contributed by atoms with Gasteiger partial charge in [-0.15, -0.1) is 11.3 Å². The Morgan fingerprint density at radius 3 is 2.47 bits per heavy atom. The zero-order chi connectivity index (χ0) is 26.5. The fourth-order valence-electron chi connectivity index (χ4n) is 2.98. The summed E-state index contributed by atoms with van der Waals surface area (Å²) in [7, 11) is 0. The summed E-state index contributed by atoms with van der Waals surface area (Å²) in [5, 5.41) is 25.6. The highest BCUT2D eigenvalue weighted by molar-refractivity contribution is 7.14. The number of hydrogen-bond donors (Lipinski definition) is 5. The van der Waals surface area contributed by atoms with Gasteiger partial charge in [0.1, 0.15) is 12.2 Å². The second-order valence-corrected chi connectivity index (χ2v) is 9.33. The van der Waals surface area contributed by atoms with E-state index in [0.717, 1.165) is 11.3 Å². The van der Waals surface area contributed by atoms with Crippen molar-refractivity contribution in [1.82, 2.24) is 15.3 Å². The van der Waals surface area contributed by atoms with E-state index in [2.05, 4.69) is 20.6 Å². The van der Waals surface area contributed by atoms with Crippen molar-refractivity contribution >= 4 is 35.2 Å². The lowest BCUT2D eigenvalue weighted by Gasteiger charge is -2.24. The van der Waals surface area contributed by atoms with Gasteiger partial charge in [-0.2, -0.15) is 0 Å². The van der Waals surface area contributed by atoms with E-state index >= 15 is 0 Å². The van der Waals surface area contributed by atoms with E-state index in [9.17, 15) is 24.3 Å². The summed E-state index contributed by atoms with van der Waals surface area (Å²) < 4.78 is 10.6. The molecule has 5 N–H and O–H groups in total. The molecule has 3 aromatic rings. The molecule has 0 unspecified atom stereocenters. The summed E-state index contributed by atoms with van der Waals surface area (Å²) in [5.74, 6) is -2.77. The first-order valence-electron chi connectivity index (χ1n) is 10.6. The van der Waals surface area contributed by atoms with Crippen LogP contribution in [0.25, 0.3) is 10.7 Å². The van der Waals surface area contributed by atoms with Crippen LogP contribution in [0.2, 0.25) is 0 Å². The number of rotatable bonds is 7. The topological polar surface area (TPSA) is 180 Å². The van der Waals surface area contributed by atoms with Crippen molar-refractivity contribution in [1.29, 1.82) is 0 Å². The Morgan fingerprint density at radius 1 is 1.14 bits per heavy atom. The van der Waals surface area contributed by atoms with Gasteiger partial charge in [-0.3, -0.25) is 10.1 Å². The van der Waals surface area contributed by atoms with Crippen molar-refractivity contribution in [3.05, 3.63) is 63.4 Å². The van der Waals surface area contributed by atoms with E-state index in [-0.39, 0.29) is 23.0 Å². The van der Waals surface area contributed by atoms with Crippen LogP contribution < -0.4 is 16.2 Å². The zero-order valence-electron chi connectivity index (χ0n) is 19.5. The molecule has 2 amide bonds. The van der Waals surface area contributed by atoms with Gasteiger partial charge < -0.3 is 30.0 Å². The van der Waals surface area contributed by atoms with Crippen LogP contribution in [-0.4, -0.2) is 50.5 Å². The summed E-state index contributed by atoms with van der Waals surface area (Å²) in [6.45, 7) is 4.94. The van der Waals surface area contributed by atoms with Gasteiger partial charge in [0.15, 0.2) is 11.5 Å². The van der Waals surface area contributed by atoms with Gasteiger partial charge in [0.05, 0.1) is 16.6 Å². The maximum Gasteiger partial charge on any atom is 0.411 e. The Balaban J connectivity index is 1.73. The van der Waals surface area contributed by atoms with Crippen molar-refractivity contribution in [3.63, 3.8) is 0 Å². The third-order valence-corrected chi connectivity index (χ3v) is 5.41. The predicted molar refractivity (Wildman–Crippen MR) is 130 cm³/mol. The van der Waals surface area contributed by atoms with Crippen molar-refractivity contribution in [2.45, 2.75) is 32.4 Å². The van der Waals surface area contributed by atoms with E-state index in [1.807, 2.05) is 0 Å². The first-order valence-corrected chi connectivity index (χ1v) is 11.4. The molecule has 0 saturated heterocycles. The molecule has 0 spiro atoms. The number of ether oxygens (including phenoxy) is 2. The summed E-state index contributed by atoms with van der Waals surface area (Å²) >= 11 is 1.06. The molecule has 0 aliphatic rings. The molecule has 36 heavy (non-hydrogen) atoms. The van der Waals surface area contributed by atoms with Gasteiger partial charge in [0, 0.05) is 0 Å². The number of anilines is 1. The van der Waals surface area contributed by atoms with E-state index in [0.29, 0.717) is 5.56 Å². The van der Waals surface area contributed by atoms with E-state index in [1.165, 1.54) is 6.07 Å². The number of thiophene rings is 1. The number of nitrogens with one attached hydrogen (secondary N) is 3. The Kier molecular flexibility index (Phi) is 7.94. The smallest absolute Gasteiger partial charge is 0.411 e. The molecule has 0 aliphatic heterocycles. The summed E-state index contributed by atoms with van der Waals surface area (Å²) in [6, 6.07) is 9.66. The number of amides is 2. The van der Waals surface area contributed by atoms with Crippen molar-refractivity contribution in [2.75, 3.05) is 11.9 Å². The van der Waals surface area contributed by atoms with Gasteiger partial charge in [-0.05, 0) is 37.8 Å². The molecular weight excluding hydrogens is 492 g/mol. The number of carboxylic acids is 1.